The van der Waals surface area contributed by atoms with Crippen molar-refractivity contribution >= 4 is 0 Å². The molecule has 3 heteroatoms. The molecule has 0 spiro atoms. The van der Waals surface area contributed by atoms with Gasteiger partial charge in [0, 0.05) is 25.3 Å². The fourth-order valence-electron chi connectivity index (χ4n) is 2.39. The van der Waals surface area contributed by atoms with Crippen molar-refractivity contribution in [3.05, 3.63) is 29.6 Å². The number of rotatable bonds is 9. The third-order valence-corrected chi connectivity index (χ3v) is 3.58. The molecule has 1 N–H and O–H groups in total. The highest BCUT2D eigenvalue weighted by molar-refractivity contribution is 5.14. The van der Waals surface area contributed by atoms with Crippen LogP contribution >= 0.6 is 0 Å². The average molecular weight is 261 g/mol. The molecule has 1 aromatic rings. The van der Waals surface area contributed by atoms with Gasteiger partial charge in [-0.25, -0.2) is 0 Å². The van der Waals surface area contributed by atoms with Gasteiger partial charge in [-0.05, 0) is 50.4 Å². The van der Waals surface area contributed by atoms with Crippen LogP contribution in [0.15, 0.2) is 18.3 Å². The predicted molar refractivity (Wildman–Crippen MR) is 80.0 cm³/mol. The lowest BCUT2D eigenvalue weighted by Gasteiger charge is -2.20. The summed E-state index contributed by atoms with van der Waals surface area (Å²) >= 11 is 0. The summed E-state index contributed by atoms with van der Waals surface area (Å²) < 4.78 is 0. The fraction of sp³-hybridized carbons (Fsp3) is 0.688. The van der Waals surface area contributed by atoms with Gasteiger partial charge in [-0.2, -0.15) is 0 Å². The Morgan fingerprint density at radius 3 is 2.68 bits per heavy atom. The molecule has 1 fully saturated rings. The zero-order chi connectivity index (χ0) is 13.5. The van der Waals surface area contributed by atoms with Crippen molar-refractivity contribution in [3.63, 3.8) is 0 Å². The summed E-state index contributed by atoms with van der Waals surface area (Å²) in [6.45, 7) is 8.67. The van der Waals surface area contributed by atoms with Crippen LogP contribution in [0.3, 0.4) is 0 Å². The largest absolute Gasteiger partial charge is 0.313 e. The number of pyridine rings is 1. The Kier molecular flexibility index (Phi) is 5.80. The molecule has 0 atom stereocenters. The summed E-state index contributed by atoms with van der Waals surface area (Å²) in [6.07, 6.45) is 7.18. The lowest BCUT2D eigenvalue weighted by Crippen LogP contribution is -2.26. The highest BCUT2D eigenvalue weighted by Gasteiger charge is 2.28. The van der Waals surface area contributed by atoms with Gasteiger partial charge in [0.2, 0.25) is 0 Å². The second-order valence-corrected chi connectivity index (χ2v) is 5.54. The maximum atomic E-state index is 4.61. The predicted octanol–water partition coefficient (Wildman–Crippen LogP) is 2.96. The van der Waals surface area contributed by atoms with Gasteiger partial charge in [-0.1, -0.05) is 19.9 Å². The molecule has 0 unspecified atom stereocenters. The van der Waals surface area contributed by atoms with Crippen LogP contribution in [-0.2, 0) is 13.1 Å². The van der Waals surface area contributed by atoms with Crippen molar-refractivity contribution < 1.29 is 0 Å². The first-order valence-electron chi connectivity index (χ1n) is 7.72. The number of nitrogens with zero attached hydrogens (tertiary/aromatic N) is 2. The van der Waals surface area contributed by atoms with Gasteiger partial charge in [-0.3, -0.25) is 9.88 Å². The van der Waals surface area contributed by atoms with Crippen molar-refractivity contribution in [3.8, 4) is 0 Å². The number of aromatic nitrogens is 1. The molecule has 2 rings (SSSR count). The molecule has 19 heavy (non-hydrogen) atoms. The van der Waals surface area contributed by atoms with Crippen molar-refractivity contribution in [2.75, 3.05) is 13.1 Å². The van der Waals surface area contributed by atoms with Gasteiger partial charge >= 0.3 is 0 Å². The van der Waals surface area contributed by atoms with E-state index < -0.39 is 0 Å². The molecular formula is C16H27N3. The zero-order valence-corrected chi connectivity index (χ0v) is 12.4. The first-order chi connectivity index (χ1) is 9.33. The maximum absolute atomic E-state index is 4.61. The van der Waals surface area contributed by atoms with E-state index in [0.717, 1.165) is 25.7 Å². The average Bonchev–Trinajstić information content (AvgIpc) is 3.25. The Morgan fingerprint density at radius 1 is 1.26 bits per heavy atom. The van der Waals surface area contributed by atoms with Crippen LogP contribution in [0.25, 0.3) is 0 Å². The Hall–Kier alpha value is -0.930. The Morgan fingerprint density at radius 2 is 2.11 bits per heavy atom. The van der Waals surface area contributed by atoms with E-state index in [9.17, 15) is 0 Å². The topological polar surface area (TPSA) is 28.2 Å². The summed E-state index contributed by atoms with van der Waals surface area (Å²) in [5, 5.41) is 3.41. The van der Waals surface area contributed by atoms with E-state index in [-0.39, 0.29) is 0 Å². The summed E-state index contributed by atoms with van der Waals surface area (Å²) in [7, 11) is 0. The van der Waals surface area contributed by atoms with Crippen LogP contribution < -0.4 is 5.32 Å². The van der Waals surface area contributed by atoms with E-state index in [2.05, 4.69) is 41.2 Å². The molecule has 0 bridgehead atoms. The summed E-state index contributed by atoms with van der Waals surface area (Å²) in [5.41, 5.74) is 2.49. The minimum atomic E-state index is 0.827. The van der Waals surface area contributed by atoms with Crippen LogP contribution in [0.4, 0.5) is 0 Å². The molecule has 0 aliphatic heterocycles. The molecular weight excluding hydrogens is 234 g/mol. The molecule has 106 valence electrons. The lowest BCUT2D eigenvalue weighted by molar-refractivity contribution is 0.252. The normalized spacial score (nSPS) is 15.1. The van der Waals surface area contributed by atoms with Crippen LogP contribution in [0, 0.1) is 0 Å². The van der Waals surface area contributed by atoms with E-state index in [1.807, 2.05) is 6.20 Å². The first kappa shape index (κ1) is 14.5. The van der Waals surface area contributed by atoms with E-state index >= 15 is 0 Å². The smallest absolute Gasteiger partial charge is 0.0544 e. The molecule has 0 radical (unpaired) electrons. The summed E-state index contributed by atoms with van der Waals surface area (Å²) in [6, 6.07) is 5.23. The van der Waals surface area contributed by atoms with Crippen molar-refractivity contribution in [2.24, 2.45) is 0 Å². The van der Waals surface area contributed by atoms with Gasteiger partial charge in [0.05, 0.1) is 5.69 Å². The summed E-state index contributed by atoms with van der Waals surface area (Å²) in [5.74, 6) is 0. The Balaban J connectivity index is 1.83. The van der Waals surface area contributed by atoms with Crippen LogP contribution in [0.2, 0.25) is 0 Å². The van der Waals surface area contributed by atoms with Gasteiger partial charge in [0.25, 0.3) is 0 Å². The SMILES string of the molecule is CCCNCc1ccc(CN(CCC)C2CC2)nc1. The molecule has 1 aliphatic rings. The fourth-order valence-corrected chi connectivity index (χ4v) is 2.39. The molecule has 0 saturated heterocycles. The quantitative estimate of drug-likeness (QED) is 0.693. The lowest BCUT2D eigenvalue weighted by atomic mass is 10.2. The minimum absolute atomic E-state index is 0.827. The van der Waals surface area contributed by atoms with Crippen LogP contribution in [-0.4, -0.2) is 29.0 Å². The Bertz CT molecular complexity index is 357. The molecule has 0 aromatic carbocycles. The van der Waals surface area contributed by atoms with E-state index in [4.69, 9.17) is 0 Å². The number of nitrogens with one attached hydrogen (secondary N) is 1. The molecule has 3 nitrogen and oxygen atoms in total. The van der Waals surface area contributed by atoms with Crippen LogP contribution in [0.5, 0.6) is 0 Å². The standard InChI is InChI=1S/C16H27N3/c1-3-9-17-11-14-5-6-15(18-12-14)13-19(10-4-2)16-7-8-16/h5-6,12,16-17H,3-4,7-11,13H2,1-2H3. The maximum Gasteiger partial charge on any atom is 0.0544 e. The highest BCUT2D eigenvalue weighted by atomic mass is 15.2. The second kappa shape index (κ2) is 7.61. The van der Waals surface area contributed by atoms with E-state index in [1.54, 1.807) is 0 Å². The molecule has 0 amide bonds. The molecule has 1 heterocycles. The van der Waals surface area contributed by atoms with Crippen molar-refractivity contribution in [1.82, 2.24) is 15.2 Å². The first-order valence-corrected chi connectivity index (χ1v) is 7.72. The molecule has 1 aromatic heterocycles. The second-order valence-electron chi connectivity index (χ2n) is 5.54. The highest BCUT2D eigenvalue weighted by Crippen LogP contribution is 2.28. The van der Waals surface area contributed by atoms with Gasteiger partial charge in [0.15, 0.2) is 0 Å². The third-order valence-electron chi connectivity index (χ3n) is 3.58. The van der Waals surface area contributed by atoms with E-state index in [1.165, 1.54) is 43.5 Å². The minimum Gasteiger partial charge on any atom is -0.313 e. The summed E-state index contributed by atoms with van der Waals surface area (Å²) in [4.78, 5) is 7.19. The monoisotopic (exact) mass is 261 g/mol. The van der Waals surface area contributed by atoms with Crippen molar-refractivity contribution in [2.45, 2.75) is 58.7 Å². The van der Waals surface area contributed by atoms with Crippen LogP contribution in [0.1, 0.15) is 50.8 Å². The third kappa shape index (κ3) is 4.92. The molecule has 1 saturated carbocycles. The van der Waals surface area contributed by atoms with E-state index in [0.29, 0.717) is 0 Å². The zero-order valence-electron chi connectivity index (χ0n) is 12.4. The molecule has 1 aliphatic carbocycles. The van der Waals surface area contributed by atoms with Gasteiger partial charge in [-0.15, -0.1) is 0 Å². The van der Waals surface area contributed by atoms with Gasteiger partial charge in [0.1, 0.15) is 0 Å². The Labute approximate surface area is 117 Å². The number of hydrogen-bond acceptors (Lipinski definition) is 3. The van der Waals surface area contributed by atoms with Gasteiger partial charge < -0.3 is 5.32 Å². The van der Waals surface area contributed by atoms with Crippen molar-refractivity contribution in [1.29, 1.82) is 0 Å². The number of hydrogen-bond donors (Lipinski definition) is 1.